The second kappa shape index (κ2) is 10.1. The van der Waals surface area contributed by atoms with E-state index in [0.29, 0.717) is 17.2 Å². The lowest BCUT2D eigenvalue weighted by Crippen LogP contribution is -2.53. The van der Waals surface area contributed by atoms with Crippen LogP contribution in [-0.2, 0) is 9.59 Å². The fourth-order valence-electron chi connectivity index (χ4n) is 6.64. The Bertz CT molecular complexity index is 944. The quantitative estimate of drug-likeness (QED) is 0.490. The standard InChI is InChI=1S/C30H43N3O2/c1-4-26(22-8-6-5-7-9-22)29(35)32-17-14-31(15-18-32)16-19-33(28(34)23-10-11-23)21-24-12-13-25-20-27(24)30(25,2)3/h5-9,12,23,25-27H,4,10-11,13-21H2,1-3H3. The van der Waals surface area contributed by atoms with Gasteiger partial charge in [-0.1, -0.05) is 62.8 Å². The molecule has 1 aromatic rings. The molecule has 1 heterocycles. The molecule has 0 radical (unpaired) electrons. The van der Waals surface area contributed by atoms with E-state index in [1.54, 1.807) is 0 Å². The molecule has 6 rings (SSSR count). The third-order valence-corrected chi connectivity index (χ3v) is 9.47. The number of benzene rings is 1. The van der Waals surface area contributed by atoms with Gasteiger partial charge in [0.05, 0.1) is 5.92 Å². The molecule has 3 atom stereocenters. The third kappa shape index (κ3) is 5.07. The summed E-state index contributed by atoms with van der Waals surface area (Å²) in [6.45, 7) is 12.8. The minimum Gasteiger partial charge on any atom is -0.340 e. The first-order chi connectivity index (χ1) is 16.9. The van der Waals surface area contributed by atoms with Crippen LogP contribution in [0.2, 0.25) is 0 Å². The van der Waals surface area contributed by atoms with Crippen LogP contribution in [0.15, 0.2) is 42.0 Å². The van der Waals surface area contributed by atoms with Crippen molar-refractivity contribution in [3.05, 3.63) is 47.5 Å². The van der Waals surface area contributed by atoms with Gasteiger partial charge >= 0.3 is 0 Å². The number of nitrogens with zero attached hydrogens (tertiary/aromatic N) is 3. The van der Waals surface area contributed by atoms with Crippen LogP contribution < -0.4 is 0 Å². The van der Waals surface area contributed by atoms with E-state index in [9.17, 15) is 9.59 Å². The molecule has 3 unspecified atom stereocenters. The van der Waals surface area contributed by atoms with E-state index in [1.807, 2.05) is 23.1 Å². The summed E-state index contributed by atoms with van der Waals surface area (Å²) in [6, 6.07) is 10.2. The molecular weight excluding hydrogens is 434 g/mol. The lowest BCUT2D eigenvalue weighted by atomic mass is 9.49. The zero-order valence-electron chi connectivity index (χ0n) is 21.9. The van der Waals surface area contributed by atoms with Crippen LogP contribution in [0.3, 0.4) is 0 Å². The lowest BCUT2D eigenvalue weighted by Gasteiger charge is -2.57. The molecule has 1 saturated heterocycles. The van der Waals surface area contributed by atoms with E-state index in [-0.39, 0.29) is 17.7 Å². The van der Waals surface area contributed by atoms with E-state index in [1.165, 1.54) is 18.4 Å². The summed E-state index contributed by atoms with van der Waals surface area (Å²) < 4.78 is 0. The maximum atomic E-state index is 13.2. The van der Waals surface area contributed by atoms with Gasteiger partial charge in [0.1, 0.15) is 0 Å². The zero-order valence-corrected chi connectivity index (χ0v) is 21.9. The largest absolute Gasteiger partial charge is 0.340 e. The average Bonchev–Trinajstić information content (AvgIpc) is 3.73. The summed E-state index contributed by atoms with van der Waals surface area (Å²) in [5, 5.41) is 0. The Morgan fingerprint density at radius 2 is 1.80 bits per heavy atom. The van der Waals surface area contributed by atoms with Crippen molar-refractivity contribution in [3.8, 4) is 0 Å². The van der Waals surface area contributed by atoms with Crippen LogP contribution in [0.1, 0.15) is 64.4 Å². The molecule has 0 N–H and O–H groups in total. The van der Waals surface area contributed by atoms with Crippen LogP contribution in [0, 0.1) is 23.2 Å². The average molecular weight is 478 g/mol. The Balaban J connectivity index is 1.14. The topological polar surface area (TPSA) is 43.9 Å². The number of piperazine rings is 1. The number of fused-ring (bicyclic) bond motifs is 1. The molecule has 1 aliphatic heterocycles. The van der Waals surface area contributed by atoms with Crippen LogP contribution in [0.5, 0.6) is 0 Å². The summed E-state index contributed by atoms with van der Waals surface area (Å²) in [5.41, 5.74) is 3.03. The second-order valence-electron chi connectivity index (χ2n) is 11.9. The second-order valence-corrected chi connectivity index (χ2v) is 11.9. The molecule has 5 nitrogen and oxygen atoms in total. The van der Waals surface area contributed by atoms with Gasteiger partial charge in [0.2, 0.25) is 11.8 Å². The Hall–Kier alpha value is -2.14. The molecule has 35 heavy (non-hydrogen) atoms. The summed E-state index contributed by atoms with van der Waals surface area (Å²) in [5.74, 6) is 2.33. The predicted octanol–water partition coefficient (Wildman–Crippen LogP) is 4.56. The van der Waals surface area contributed by atoms with Gasteiger partial charge in [0.25, 0.3) is 0 Å². The number of amides is 2. The monoisotopic (exact) mass is 477 g/mol. The third-order valence-electron chi connectivity index (χ3n) is 9.47. The molecular formula is C30H43N3O2. The first-order valence-corrected chi connectivity index (χ1v) is 13.9. The fourth-order valence-corrected chi connectivity index (χ4v) is 6.64. The van der Waals surface area contributed by atoms with Crippen molar-refractivity contribution < 1.29 is 9.59 Å². The maximum absolute atomic E-state index is 13.2. The van der Waals surface area contributed by atoms with Crippen molar-refractivity contribution in [1.82, 2.24) is 14.7 Å². The molecule has 2 amide bonds. The molecule has 2 bridgehead atoms. The van der Waals surface area contributed by atoms with E-state index in [4.69, 9.17) is 0 Å². The van der Waals surface area contributed by atoms with Gasteiger partial charge in [-0.3, -0.25) is 14.5 Å². The van der Waals surface area contributed by atoms with Gasteiger partial charge < -0.3 is 9.80 Å². The number of hydrogen-bond acceptors (Lipinski definition) is 3. The molecule has 3 fully saturated rings. The van der Waals surface area contributed by atoms with Crippen molar-refractivity contribution in [2.24, 2.45) is 23.2 Å². The highest BCUT2D eigenvalue weighted by Crippen LogP contribution is 2.59. The molecule has 5 aliphatic rings. The fraction of sp³-hybridized carbons (Fsp3) is 0.667. The van der Waals surface area contributed by atoms with Gasteiger partial charge in [-0.2, -0.15) is 0 Å². The van der Waals surface area contributed by atoms with Crippen LogP contribution in [-0.4, -0.2) is 72.3 Å². The molecule has 4 aliphatic carbocycles. The van der Waals surface area contributed by atoms with Crippen LogP contribution in [0.4, 0.5) is 0 Å². The summed E-state index contributed by atoms with van der Waals surface area (Å²) >= 11 is 0. The van der Waals surface area contributed by atoms with Crippen molar-refractivity contribution >= 4 is 11.8 Å². The Morgan fingerprint density at radius 3 is 2.40 bits per heavy atom. The first kappa shape index (κ1) is 24.5. The number of carbonyl (C=O) groups excluding carboxylic acids is 2. The molecule has 0 spiro atoms. The Morgan fingerprint density at radius 1 is 1.09 bits per heavy atom. The highest BCUT2D eigenvalue weighted by Gasteiger charge is 2.51. The number of carbonyl (C=O) groups is 2. The molecule has 1 aromatic carbocycles. The lowest BCUT2D eigenvalue weighted by molar-refractivity contribution is -0.134. The molecule has 0 aromatic heterocycles. The minimum absolute atomic E-state index is 0.0477. The maximum Gasteiger partial charge on any atom is 0.230 e. The minimum atomic E-state index is -0.0477. The Labute approximate surface area is 211 Å². The predicted molar refractivity (Wildman–Crippen MR) is 140 cm³/mol. The highest BCUT2D eigenvalue weighted by molar-refractivity contribution is 5.84. The van der Waals surface area contributed by atoms with E-state index < -0.39 is 0 Å². The zero-order chi connectivity index (χ0) is 24.6. The SMILES string of the molecule is CCC(C(=O)N1CCN(CCN(CC2=CCC3CC2C3(C)C)C(=O)C2CC2)CC1)c1ccccc1. The van der Waals surface area contributed by atoms with Crippen LogP contribution in [0.25, 0.3) is 0 Å². The summed E-state index contributed by atoms with van der Waals surface area (Å²) in [6.07, 6.45) is 7.89. The van der Waals surface area contributed by atoms with E-state index >= 15 is 0 Å². The first-order valence-electron chi connectivity index (χ1n) is 13.9. The normalized spacial score (nSPS) is 26.5. The van der Waals surface area contributed by atoms with E-state index in [2.05, 4.69) is 48.8 Å². The number of rotatable bonds is 9. The van der Waals surface area contributed by atoms with Crippen molar-refractivity contribution in [2.75, 3.05) is 45.8 Å². The molecule has 5 heteroatoms. The van der Waals surface area contributed by atoms with Gasteiger partial charge in [-0.05, 0) is 54.9 Å². The number of allylic oxidation sites excluding steroid dienone is 1. The van der Waals surface area contributed by atoms with Crippen LogP contribution >= 0.6 is 0 Å². The van der Waals surface area contributed by atoms with Crippen molar-refractivity contribution in [2.45, 2.75) is 58.8 Å². The molecule has 2 saturated carbocycles. The van der Waals surface area contributed by atoms with Gasteiger partial charge in [0, 0.05) is 51.7 Å². The van der Waals surface area contributed by atoms with Crippen molar-refractivity contribution in [1.29, 1.82) is 0 Å². The van der Waals surface area contributed by atoms with Gasteiger partial charge in [-0.15, -0.1) is 0 Å². The molecule has 190 valence electrons. The highest BCUT2D eigenvalue weighted by atomic mass is 16.2. The van der Waals surface area contributed by atoms with E-state index in [0.717, 1.165) is 76.6 Å². The van der Waals surface area contributed by atoms with Gasteiger partial charge in [-0.25, -0.2) is 0 Å². The summed E-state index contributed by atoms with van der Waals surface area (Å²) in [7, 11) is 0. The van der Waals surface area contributed by atoms with Crippen molar-refractivity contribution in [3.63, 3.8) is 0 Å². The summed E-state index contributed by atoms with van der Waals surface area (Å²) in [4.78, 5) is 33.0. The van der Waals surface area contributed by atoms with Gasteiger partial charge in [0.15, 0.2) is 0 Å². The smallest absolute Gasteiger partial charge is 0.230 e. The Kier molecular flexibility index (Phi) is 7.07. The number of hydrogen-bond donors (Lipinski definition) is 0.